The lowest BCUT2D eigenvalue weighted by molar-refractivity contribution is 0.0599. The van der Waals surface area contributed by atoms with E-state index in [0.29, 0.717) is 5.69 Å². The third kappa shape index (κ3) is 4.07. The molecule has 0 atom stereocenters. The molecular formula is C20H17N3O5. The van der Waals surface area contributed by atoms with E-state index in [1.54, 1.807) is 24.4 Å². The summed E-state index contributed by atoms with van der Waals surface area (Å²) < 4.78 is 9.36. The second-order valence-corrected chi connectivity index (χ2v) is 5.74. The van der Waals surface area contributed by atoms with Crippen LogP contribution in [0.1, 0.15) is 20.7 Å². The van der Waals surface area contributed by atoms with Crippen molar-refractivity contribution < 1.29 is 23.9 Å². The molecule has 0 fully saturated rings. The van der Waals surface area contributed by atoms with Crippen molar-refractivity contribution in [1.82, 2.24) is 4.98 Å². The van der Waals surface area contributed by atoms with Gasteiger partial charge in [0.2, 0.25) is 0 Å². The van der Waals surface area contributed by atoms with Crippen LogP contribution in [0.5, 0.6) is 0 Å². The quantitative estimate of drug-likeness (QED) is 0.673. The van der Waals surface area contributed by atoms with E-state index in [1.165, 1.54) is 32.4 Å². The number of esters is 2. The molecule has 2 amide bonds. The Morgan fingerprint density at radius 2 is 1.54 bits per heavy atom. The van der Waals surface area contributed by atoms with Crippen LogP contribution in [0.3, 0.4) is 0 Å². The van der Waals surface area contributed by atoms with Crippen LogP contribution in [-0.2, 0) is 9.47 Å². The number of ether oxygens (including phenoxy) is 2. The highest BCUT2D eigenvalue weighted by Crippen LogP contribution is 2.22. The molecule has 28 heavy (non-hydrogen) atoms. The number of hydrogen-bond donors (Lipinski definition) is 2. The minimum atomic E-state index is -0.644. The number of anilines is 2. The number of hydrogen-bond acceptors (Lipinski definition) is 6. The van der Waals surface area contributed by atoms with E-state index < -0.39 is 18.0 Å². The third-order valence-electron chi connectivity index (χ3n) is 3.93. The Hall–Kier alpha value is -3.94. The first-order valence-electron chi connectivity index (χ1n) is 8.25. The van der Waals surface area contributed by atoms with Crippen LogP contribution in [0.4, 0.5) is 16.2 Å². The van der Waals surface area contributed by atoms with Gasteiger partial charge in [0.1, 0.15) is 0 Å². The van der Waals surface area contributed by atoms with E-state index in [9.17, 15) is 14.4 Å². The molecule has 2 aromatic carbocycles. The summed E-state index contributed by atoms with van der Waals surface area (Å²) in [6.45, 7) is 0. The Balaban J connectivity index is 1.86. The molecule has 1 aromatic heterocycles. The van der Waals surface area contributed by atoms with Crippen LogP contribution in [-0.4, -0.2) is 37.2 Å². The maximum Gasteiger partial charge on any atom is 0.337 e. The van der Waals surface area contributed by atoms with Crippen molar-refractivity contribution in [1.29, 1.82) is 0 Å². The lowest BCUT2D eigenvalue weighted by Gasteiger charge is -2.12. The molecule has 0 aliphatic rings. The largest absolute Gasteiger partial charge is 0.465 e. The summed E-state index contributed by atoms with van der Waals surface area (Å²) in [6, 6.07) is 12.6. The van der Waals surface area contributed by atoms with Crippen molar-refractivity contribution in [3.8, 4) is 0 Å². The van der Waals surface area contributed by atoms with Crippen molar-refractivity contribution in [3.63, 3.8) is 0 Å². The topological polar surface area (TPSA) is 107 Å². The number of benzene rings is 2. The number of aromatic nitrogens is 1. The zero-order chi connectivity index (χ0) is 20.1. The lowest BCUT2D eigenvalue weighted by atomic mass is 10.1. The molecular weight excluding hydrogens is 362 g/mol. The second kappa shape index (κ2) is 8.17. The summed E-state index contributed by atoms with van der Waals surface area (Å²) in [5.41, 5.74) is 1.76. The first kappa shape index (κ1) is 18.8. The SMILES string of the molecule is COC(=O)c1cc(NC(=O)Nc2cccc3ncccc23)cc(C(=O)OC)c1. The minimum absolute atomic E-state index is 0.107. The molecule has 8 nitrogen and oxygen atoms in total. The summed E-state index contributed by atoms with van der Waals surface area (Å²) in [5.74, 6) is -1.29. The van der Waals surface area contributed by atoms with Gasteiger partial charge >= 0.3 is 18.0 Å². The lowest BCUT2D eigenvalue weighted by Crippen LogP contribution is -2.20. The molecule has 0 unspecified atom stereocenters. The maximum absolute atomic E-state index is 12.5. The molecule has 0 saturated heterocycles. The van der Waals surface area contributed by atoms with E-state index in [-0.39, 0.29) is 16.8 Å². The molecule has 0 bridgehead atoms. The van der Waals surface area contributed by atoms with Crippen molar-refractivity contribution in [2.24, 2.45) is 0 Å². The number of carbonyl (C=O) groups is 3. The van der Waals surface area contributed by atoms with E-state index in [0.717, 1.165) is 10.9 Å². The van der Waals surface area contributed by atoms with Crippen molar-refractivity contribution in [3.05, 3.63) is 65.9 Å². The van der Waals surface area contributed by atoms with Crippen molar-refractivity contribution >= 4 is 40.2 Å². The highest BCUT2D eigenvalue weighted by molar-refractivity contribution is 6.06. The summed E-state index contributed by atoms with van der Waals surface area (Å²) in [5, 5.41) is 6.12. The average molecular weight is 379 g/mol. The molecule has 3 rings (SSSR count). The fourth-order valence-corrected chi connectivity index (χ4v) is 2.67. The number of methoxy groups -OCH3 is 2. The number of amides is 2. The van der Waals surface area contributed by atoms with Crippen LogP contribution in [0.2, 0.25) is 0 Å². The Morgan fingerprint density at radius 3 is 2.18 bits per heavy atom. The summed E-state index contributed by atoms with van der Waals surface area (Å²) >= 11 is 0. The summed E-state index contributed by atoms with van der Waals surface area (Å²) in [7, 11) is 2.45. The zero-order valence-electron chi connectivity index (χ0n) is 15.2. The third-order valence-corrected chi connectivity index (χ3v) is 3.93. The van der Waals surface area contributed by atoms with Gasteiger partial charge in [-0.3, -0.25) is 4.98 Å². The van der Waals surface area contributed by atoms with Gasteiger partial charge in [0.15, 0.2) is 0 Å². The predicted octanol–water partition coefficient (Wildman–Crippen LogP) is 3.45. The zero-order valence-corrected chi connectivity index (χ0v) is 15.2. The van der Waals surface area contributed by atoms with Crippen LogP contribution in [0.15, 0.2) is 54.7 Å². The molecule has 3 aromatic rings. The number of carbonyl (C=O) groups excluding carboxylic acids is 3. The van der Waals surface area contributed by atoms with Gasteiger partial charge in [-0.15, -0.1) is 0 Å². The average Bonchev–Trinajstić information content (AvgIpc) is 2.72. The smallest absolute Gasteiger partial charge is 0.337 e. The van der Waals surface area contributed by atoms with Gasteiger partial charge in [-0.1, -0.05) is 6.07 Å². The number of pyridine rings is 1. The Kier molecular flexibility index (Phi) is 5.50. The monoisotopic (exact) mass is 379 g/mol. The van der Waals surface area contributed by atoms with Crippen LogP contribution in [0.25, 0.3) is 10.9 Å². The predicted molar refractivity (Wildman–Crippen MR) is 104 cm³/mol. The Bertz CT molecular complexity index is 1030. The number of urea groups is 1. The van der Waals surface area contributed by atoms with E-state index in [1.807, 2.05) is 12.1 Å². The van der Waals surface area contributed by atoms with Gasteiger partial charge in [0, 0.05) is 17.3 Å². The fraction of sp³-hybridized carbons (Fsp3) is 0.100. The fourth-order valence-electron chi connectivity index (χ4n) is 2.67. The van der Waals surface area contributed by atoms with Crippen LogP contribution >= 0.6 is 0 Å². The van der Waals surface area contributed by atoms with Gasteiger partial charge in [-0.05, 0) is 42.5 Å². The van der Waals surface area contributed by atoms with E-state index in [2.05, 4.69) is 25.1 Å². The molecule has 0 aliphatic carbocycles. The van der Waals surface area contributed by atoms with E-state index in [4.69, 9.17) is 0 Å². The molecule has 0 saturated carbocycles. The molecule has 0 aliphatic heterocycles. The van der Waals surface area contributed by atoms with Crippen molar-refractivity contribution in [2.75, 3.05) is 24.9 Å². The second-order valence-electron chi connectivity index (χ2n) is 5.74. The number of nitrogens with one attached hydrogen (secondary N) is 2. The molecule has 2 N–H and O–H groups in total. The van der Waals surface area contributed by atoms with Gasteiger partial charge in [0.25, 0.3) is 0 Å². The van der Waals surface area contributed by atoms with Gasteiger partial charge < -0.3 is 20.1 Å². The highest BCUT2D eigenvalue weighted by atomic mass is 16.5. The standard InChI is InChI=1S/C20H17N3O5/c1-27-18(24)12-9-13(19(25)28-2)11-14(10-12)22-20(26)23-17-7-3-6-16-15(17)5-4-8-21-16/h3-11H,1-2H3,(H2,22,23,26). The highest BCUT2D eigenvalue weighted by Gasteiger charge is 2.15. The number of fused-ring (bicyclic) bond motifs is 1. The first-order chi connectivity index (χ1) is 13.5. The molecule has 1 heterocycles. The van der Waals surface area contributed by atoms with Crippen LogP contribution < -0.4 is 10.6 Å². The van der Waals surface area contributed by atoms with Gasteiger partial charge in [-0.25, -0.2) is 14.4 Å². The van der Waals surface area contributed by atoms with Crippen molar-refractivity contribution in [2.45, 2.75) is 0 Å². The maximum atomic E-state index is 12.5. The Morgan fingerprint density at radius 1 is 0.857 bits per heavy atom. The molecule has 142 valence electrons. The van der Waals surface area contributed by atoms with Gasteiger partial charge in [0.05, 0.1) is 36.6 Å². The van der Waals surface area contributed by atoms with Crippen LogP contribution in [0, 0.1) is 0 Å². The van der Waals surface area contributed by atoms with Gasteiger partial charge in [-0.2, -0.15) is 0 Å². The molecule has 8 heteroatoms. The minimum Gasteiger partial charge on any atom is -0.465 e. The normalized spacial score (nSPS) is 10.2. The first-order valence-corrected chi connectivity index (χ1v) is 8.25. The van der Waals surface area contributed by atoms with E-state index >= 15 is 0 Å². The Labute approximate surface area is 160 Å². The number of nitrogens with zero attached hydrogens (tertiary/aromatic N) is 1. The molecule has 0 radical (unpaired) electrons. The summed E-state index contributed by atoms with van der Waals surface area (Å²) in [4.78, 5) is 40.4. The molecule has 0 spiro atoms. The summed E-state index contributed by atoms with van der Waals surface area (Å²) in [6.07, 6.45) is 1.67. The number of rotatable bonds is 4.